The molecule has 2 aromatic heterocycles. The second-order valence-electron chi connectivity index (χ2n) is 10.3. The zero-order chi connectivity index (χ0) is 27.6. The Kier molecular flexibility index (Phi) is 6.66. The molecule has 6 heteroatoms. The predicted molar refractivity (Wildman–Crippen MR) is 171 cm³/mol. The minimum atomic E-state index is 0.790. The molecule has 4 aromatic carbocycles. The molecule has 0 saturated carbocycles. The van der Waals surface area contributed by atoms with Gasteiger partial charge < -0.3 is 20.4 Å². The summed E-state index contributed by atoms with van der Waals surface area (Å²) in [7, 11) is 8.14. The number of nitrogens with one attached hydrogen (secondary N) is 2. The average Bonchev–Trinajstić information content (AvgIpc) is 2.97. The van der Waals surface area contributed by atoms with Gasteiger partial charge in [0.05, 0.1) is 0 Å². The molecule has 0 aliphatic rings. The molecule has 6 aromatic rings. The van der Waals surface area contributed by atoms with E-state index in [4.69, 9.17) is 0 Å². The van der Waals surface area contributed by atoms with E-state index in [1.54, 1.807) is 0 Å². The molecule has 40 heavy (non-hydrogen) atoms. The van der Waals surface area contributed by atoms with E-state index in [2.05, 4.69) is 115 Å². The fourth-order valence-electron chi connectivity index (χ4n) is 5.10. The van der Waals surface area contributed by atoms with Gasteiger partial charge in [0.2, 0.25) is 0 Å². The lowest BCUT2D eigenvalue weighted by atomic mass is 9.91. The second-order valence-corrected chi connectivity index (χ2v) is 10.3. The van der Waals surface area contributed by atoms with Crippen molar-refractivity contribution in [1.29, 1.82) is 0 Å². The third-order valence-corrected chi connectivity index (χ3v) is 7.15. The van der Waals surface area contributed by atoms with Crippen molar-refractivity contribution in [2.24, 2.45) is 0 Å². The van der Waals surface area contributed by atoms with Crippen LogP contribution in [-0.2, 0) is 0 Å². The Morgan fingerprint density at radius 3 is 1.35 bits per heavy atom. The zero-order valence-electron chi connectivity index (χ0n) is 23.2. The standard InChI is InChI=1S/C34H32N6/c1-39(2)25-17-19-35-31(21-25)37-29-15-13-23-9-5-7-11-27(23)33(29)34-28-12-8-6-10-24(28)14-16-30(34)38-32-22-26(40(3)4)18-20-36-32/h5-22H,1-4H3,(H,35,37)(H,36,38). The van der Waals surface area contributed by atoms with Crippen molar-refractivity contribution in [1.82, 2.24) is 9.97 Å². The first-order valence-corrected chi connectivity index (χ1v) is 13.3. The number of aromatic nitrogens is 2. The summed E-state index contributed by atoms with van der Waals surface area (Å²) in [6.07, 6.45) is 3.68. The van der Waals surface area contributed by atoms with Crippen LogP contribution < -0.4 is 20.4 Å². The summed E-state index contributed by atoms with van der Waals surface area (Å²) in [5.74, 6) is 1.58. The molecular weight excluding hydrogens is 492 g/mol. The van der Waals surface area contributed by atoms with Crippen LogP contribution >= 0.6 is 0 Å². The highest BCUT2D eigenvalue weighted by atomic mass is 15.1. The summed E-state index contributed by atoms with van der Waals surface area (Å²) < 4.78 is 0. The van der Waals surface area contributed by atoms with Gasteiger partial charge in [0.15, 0.2) is 0 Å². The maximum atomic E-state index is 4.64. The van der Waals surface area contributed by atoms with E-state index in [-0.39, 0.29) is 0 Å². The molecule has 2 N–H and O–H groups in total. The van der Waals surface area contributed by atoms with Crippen LogP contribution in [0.2, 0.25) is 0 Å². The Hall–Kier alpha value is -5.10. The Morgan fingerprint density at radius 1 is 0.500 bits per heavy atom. The maximum Gasteiger partial charge on any atom is 0.132 e. The van der Waals surface area contributed by atoms with Crippen LogP contribution in [0.1, 0.15) is 0 Å². The second kappa shape index (κ2) is 10.6. The van der Waals surface area contributed by atoms with Gasteiger partial charge in [-0.15, -0.1) is 0 Å². The summed E-state index contributed by atoms with van der Waals surface area (Å²) in [4.78, 5) is 13.4. The zero-order valence-corrected chi connectivity index (χ0v) is 23.2. The first-order valence-electron chi connectivity index (χ1n) is 13.3. The van der Waals surface area contributed by atoms with Crippen molar-refractivity contribution in [3.05, 3.63) is 109 Å². The van der Waals surface area contributed by atoms with Crippen molar-refractivity contribution in [3.63, 3.8) is 0 Å². The van der Waals surface area contributed by atoms with Crippen LogP contribution in [0.15, 0.2) is 109 Å². The predicted octanol–water partition coefficient (Wildman–Crippen LogP) is 8.07. The van der Waals surface area contributed by atoms with Crippen molar-refractivity contribution >= 4 is 55.9 Å². The molecule has 0 fully saturated rings. The molecule has 0 bridgehead atoms. The summed E-state index contributed by atoms with van der Waals surface area (Å²) in [5, 5.41) is 12.0. The molecule has 0 unspecified atom stereocenters. The highest BCUT2D eigenvalue weighted by Crippen LogP contribution is 2.45. The molecule has 2 heterocycles. The molecule has 0 aliphatic heterocycles. The molecular formula is C34H32N6. The van der Waals surface area contributed by atoms with Gasteiger partial charge in [-0.05, 0) is 45.8 Å². The average molecular weight is 525 g/mol. The maximum absolute atomic E-state index is 4.64. The van der Waals surface area contributed by atoms with Crippen LogP contribution in [0, 0.1) is 0 Å². The number of fused-ring (bicyclic) bond motifs is 2. The summed E-state index contributed by atoms with van der Waals surface area (Å²) >= 11 is 0. The molecule has 0 aliphatic carbocycles. The summed E-state index contributed by atoms with van der Waals surface area (Å²) in [6.45, 7) is 0. The van der Waals surface area contributed by atoms with Crippen LogP contribution in [0.3, 0.4) is 0 Å². The van der Waals surface area contributed by atoms with Crippen LogP contribution in [0.4, 0.5) is 34.4 Å². The lowest BCUT2D eigenvalue weighted by Crippen LogP contribution is -2.09. The van der Waals surface area contributed by atoms with E-state index >= 15 is 0 Å². The Balaban J connectivity index is 1.59. The number of hydrogen-bond donors (Lipinski definition) is 2. The number of anilines is 6. The van der Waals surface area contributed by atoms with Gasteiger partial charge in [0, 0.05) is 86.6 Å². The molecule has 198 valence electrons. The van der Waals surface area contributed by atoms with Crippen LogP contribution in [0.5, 0.6) is 0 Å². The third kappa shape index (κ3) is 4.87. The summed E-state index contributed by atoms with van der Waals surface area (Å²) in [6, 6.07) is 33.8. The molecule has 0 amide bonds. The van der Waals surface area contributed by atoms with Gasteiger partial charge >= 0.3 is 0 Å². The topological polar surface area (TPSA) is 56.3 Å². The first kappa shape index (κ1) is 25.2. The molecule has 6 rings (SSSR count). The Morgan fingerprint density at radius 2 is 0.925 bits per heavy atom. The Labute approximate surface area is 234 Å². The molecule has 0 atom stereocenters. The van der Waals surface area contributed by atoms with Crippen LogP contribution in [-0.4, -0.2) is 38.2 Å². The van der Waals surface area contributed by atoms with E-state index in [9.17, 15) is 0 Å². The fourth-order valence-corrected chi connectivity index (χ4v) is 5.10. The lowest BCUT2D eigenvalue weighted by molar-refractivity contribution is 1.12. The minimum absolute atomic E-state index is 0.790. The largest absolute Gasteiger partial charge is 0.378 e. The number of hydrogen-bond acceptors (Lipinski definition) is 6. The molecule has 6 nitrogen and oxygen atoms in total. The first-order chi connectivity index (χ1) is 19.5. The lowest BCUT2D eigenvalue weighted by Gasteiger charge is -2.21. The van der Waals surface area contributed by atoms with Crippen molar-refractivity contribution in [2.75, 3.05) is 48.6 Å². The SMILES string of the molecule is CN(C)c1ccnc(Nc2ccc3ccccc3c2-c2c(Nc3cc(N(C)C)ccn3)ccc3ccccc23)c1. The van der Waals surface area contributed by atoms with Gasteiger partial charge in [-0.3, -0.25) is 0 Å². The van der Waals surface area contributed by atoms with Gasteiger partial charge in [0.1, 0.15) is 11.6 Å². The minimum Gasteiger partial charge on any atom is -0.378 e. The van der Waals surface area contributed by atoms with Crippen molar-refractivity contribution < 1.29 is 0 Å². The van der Waals surface area contributed by atoms with Gasteiger partial charge in [-0.1, -0.05) is 60.7 Å². The van der Waals surface area contributed by atoms with Crippen molar-refractivity contribution in [3.8, 4) is 11.1 Å². The quantitative estimate of drug-likeness (QED) is 0.220. The monoisotopic (exact) mass is 524 g/mol. The fraction of sp³-hybridized carbons (Fsp3) is 0.118. The van der Waals surface area contributed by atoms with Crippen LogP contribution in [0.25, 0.3) is 32.7 Å². The summed E-state index contributed by atoms with van der Waals surface area (Å²) in [5.41, 5.74) is 6.35. The highest BCUT2D eigenvalue weighted by molar-refractivity contribution is 6.14. The normalized spacial score (nSPS) is 11.0. The third-order valence-electron chi connectivity index (χ3n) is 7.15. The molecule has 0 saturated heterocycles. The van der Waals surface area contributed by atoms with E-state index in [0.29, 0.717) is 0 Å². The van der Waals surface area contributed by atoms with Gasteiger partial charge in [-0.25, -0.2) is 9.97 Å². The van der Waals surface area contributed by atoms with E-state index in [1.807, 2.05) is 52.7 Å². The highest BCUT2D eigenvalue weighted by Gasteiger charge is 2.18. The Bertz CT molecular complexity index is 1690. The smallest absolute Gasteiger partial charge is 0.132 e. The van der Waals surface area contributed by atoms with E-state index in [1.165, 1.54) is 10.8 Å². The van der Waals surface area contributed by atoms with E-state index < -0.39 is 0 Å². The number of rotatable bonds is 7. The molecule has 0 spiro atoms. The van der Waals surface area contributed by atoms with Gasteiger partial charge in [-0.2, -0.15) is 0 Å². The number of pyridine rings is 2. The number of benzene rings is 4. The molecule has 0 radical (unpaired) electrons. The van der Waals surface area contributed by atoms with E-state index in [0.717, 1.165) is 56.3 Å². The number of nitrogens with zero attached hydrogens (tertiary/aromatic N) is 4. The van der Waals surface area contributed by atoms with Crippen molar-refractivity contribution in [2.45, 2.75) is 0 Å². The van der Waals surface area contributed by atoms with Gasteiger partial charge in [0.25, 0.3) is 0 Å².